The minimum Gasteiger partial charge on any atom is -0.497 e. The van der Waals surface area contributed by atoms with E-state index in [0.717, 1.165) is 0 Å². The summed E-state index contributed by atoms with van der Waals surface area (Å²) >= 11 is 0. The molecule has 1 aromatic rings. The van der Waals surface area contributed by atoms with Gasteiger partial charge < -0.3 is 15.2 Å². The number of carbonyl (C=O) groups is 1. The predicted octanol–water partition coefficient (Wildman–Crippen LogP) is 0.931. The standard InChI is InChI=1S/C12H13NO3/c1-15-10-7-6-9(11(8-10)16-2)4-3-5-12(13)14/h6-8H,5H2,1-2H3,(H2,13,14). The van der Waals surface area contributed by atoms with E-state index in [4.69, 9.17) is 15.2 Å². The monoisotopic (exact) mass is 219 g/mol. The molecule has 1 aromatic carbocycles. The number of ether oxygens (including phenoxy) is 2. The lowest BCUT2D eigenvalue weighted by Crippen LogP contribution is -2.08. The Hall–Kier alpha value is -2.15. The molecule has 0 aliphatic heterocycles. The first kappa shape index (κ1) is 11.9. The molecular weight excluding hydrogens is 206 g/mol. The molecule has 0 atom stereocenters. The molecule has 1 amide bonds. The molecule has 0 heterocycles. The minimum atomic E-state index is -0.444. The normalized spacial score (nSPS) is 8.88. The summed E-state index contributed by atoms with van der Waals surface area (Å²) in [6.07, 6.45) is 0.0369. The Kier molecular flexibility index (Phi) is 4.22. The van der Waals surface area contributed by atoms with E-state index < -0.39 is 5.91 Å². The van der Waals surface area contributed by atoms with Crippen LogP contribution in [0.4, 0.5) is 0 Å². The Morgan fingerprint density at radius 2 is 2.12 bits per heavy atom. The second kappa shape index (κ2) is 5.66. The molecule has 0 aliphatic carbocycles. The molecular formula is C12H13NO3. The fourth-order valence-electron chi connectivity index (χ4n) is 1.13. The summed E-state index contributed by atoms with van der Waals surface area (Å²) < 4.78 is 10.2. The van der Waals surface area contributed by atoms with Crippen molar-refractivity contribution in [1.82, 2.24) is 0 Å². The van der Waals surface area contributed by atoms with Gasteiger partial charge in [0.1, 0.15) is 11.5 Å². The summed E-state index contributed by atoms with van der Waals surface area (Å²) in [4.78, 5) is 10.5. The molecule has 2 N–H and O–H groups in total. The highest BCUT2D eigenvalue weighted by molar-refractivity contribution is 5.76. The quantitative estimate of drug-likeness (QED) is 0.769. The molecule has 0 unspecified atom stereocenters. The van der Waals surface area contributed by atoms with E-state index in [-0.39, 0.29) is 6.42 Å². The van der Waals surface area contributed by atoms with Gasteiger partial charge in [-0.1, -0.05) is 11.8 Å². The molecule has 0 aromatic heterocycles. The van der Waals surface area contributed by atoms with Crippen LogP contribution in [0.25, 0.3) is 0 Å². The Balaban J connectivity index is 2.94. The van der Waals surface area contributed by atoms with E-state index in [1.165, 1.54) is 0 Å². The molecule has 84 valence electrons. The third-order valence-electron chi connectivity index (χ3n) is 1.89. The minimum absolute atomic E-state index is 0.0369. The number of carbonyl (C=O) groups excluding carboxylic acids is 1. The summed E-state index contributed by atoms with van der Waals surface area (Å²) in [7, 11) is 3.13. The summed E-state index contributed by atoms with van der Waals surface area (Å²) in [6, 6.07) is 5.27. The van der Waals surface area contributed by atoms with Crippen LogP contribution in [0.3, 0.4) is 0 Å². The van der Waals surface area contributed by atoms with Crippen molar-refractivity contribution in [3.63, 3.8) is 0 Å². The molecule has 16 heavy (non-hydrogen) atoms. The highest BCUT2D eigenvalue weighted by Gasteiger charge is 2.01. The first-order chi connectivity index (χ1) is 7.67. The molecule has 4 heteroatoms. The highest BCUT2D eigenvalue weighted by Crippen LogP contribution is 2.23. The van der Waals surface area contributed by atoms with Crippen molar-refractivity contribution in [3.8, 4) is 23.3 Å². The van der Waals surface area contributed by atoms with Crippen LogP contribution in [0.2, 0.25) is 0 Å². The van der Waals surface area contributed by atoms with Crippen LogP contribution in [-0.2, 0) is 4.79 Å². The lowest BCUT2D eigenvalue weighted by Gasteiger charge is -2.05. The zero-order valence-electron chi connectivity index (χ0n) is 9.24. The van der Waals surface area contributed by atoms with Gasteiger partial charge >= 0.3 is 0 Å². The fraction of sp³-hybridized carbons (Fsp3) is 0.250. The van der Waals surface area contributed by atoms with Crippen LogP contribution in [0.15, 0.2) is 18.2 Å². The molecule has 0 aliphatic rings. The Bertz CT molecular complexity index is 443. The van der Waals surface area contributed by atoms with Gasteiger partial charge in [-0.3, -0.25) is 4.79 Å². The fourth-order valence-corrected chi connectivity index (χ4v) is 1.13. The molecule has 4 nitrogen and oxygen atoms in total. The van der Waals surface area contributed by atoms with Gasteiger partial charge in [-0.2, -0.15) is 0 Å². The topological polar surface area (TPSA) is 61.5 Å². The highest BCUT2D eigenvalue weighted by atomic mass is 16.5. The van der Waals surface area contributed by atoms with Crippen molar-refractivity contribution in [2.45, 2.75) is 6.42 Å². The number of methoxy groups -OCH3 is 2. The van der Waals surface area contributed by atoms with E-state index in [2.05, 4.69) is 11.8 Å². The van der Waals surface area contributed by atoms with E-state index in [1.54, 1.807) is 32.4 Å². The predicted molar refractivity (Wildman–Crippen MR) is 60.2 cm³/mol. The van der Waals surface area contributed by atoms with Gasteiger partial charge in [0.15, 0.2) is 0 Å². The first-order valence-corrected chi connectivity index (χ1v) is 4.66. The van der Waals surface area contributed by atoms with Crippen molar-refractivity contribution >= 4 is 5.91 Å². The van der Waals surface area contributed by atoms with E-state index >= 15 is 0 Å². The van der Waals surface area contributed by atoms with Gasteiger partial charge in [0.05, 0.1) is 26.2 Å². The molecule has 0 saturated carbocycles. The smallest absolute Gasteiger partial charge is 0.229 e. The molecule has 0 spiro atoms. The van der Waals surface area contributed by atoms with Gasteiger partial charge in [0.2, 0.25) is 5.91 Å². The third kappa shape index (κ3) is 3.21. The second-order valence-electron chi connectivity index (χ2n) is 3.01. The zero-order valence-corrected chi connectivity index (χ0v) is 9.24. The van der Waals surface area contributed by atoms with Gasteiger partial charge in [-0.15, -0.1) is 0 Å². The maximum atomic E-state index is 10.5. The number of nitrogens with two attached hydrogens (primary N) is 1. The molecule has 0 fully saturated rings. The number of rotatable bonds is 3. The van der Waals surface area contributed by atoms with Crippen LogP contribution < -0.4 is 15.2 Å². The third-order valence-corrected chi connectivity index (χ3v) is 1.89. The average molecular weight is 219 g/mol. The maximum Gasteiger partial charge on any atom is 0.229 e. The van der Waals surface area contributed by atoms with Crippen molar-refractivity contribution < 1.29 is 14.3 Å². The molecule has 0 bridgehead atoms. The van der Waals surface area contributed by atoms with Gasteiger partial charge in [0, 0.05) is 6.07 Å². The number of amides is 1. The van der Waals surface area contributed by atoms with Crippen LogP contribution >= 0.6 is 0 Å². The van der Waals surface area contributed by atoms with Gasteiger partial charge in [-0.25, -0.2) is 0 Å². The van der Waals surface area contributed by atoms with Crippen molar-refractivity contribution in [3.05, 3.63) is 23.8 Å². The lowest BCUT2D eigenvalue weighted by atomic mass is 10.2. The van der Waals surface area contributed by atoms with E-state index in [1.807, 2.05) is 0 Å². The molecule has 0 radical (unpaired) electrons. The van der Waals surface area contributed by atoms with E-state index in [0.29, 0.717) is 17.1 Å². The van der Waals surface area contributed by atoms with E-state index in [9.17, 15) is 4.79 Å². The zero-order chi connectivity index (χ0) is 12.0. The number of hydrogen-bond donors (Lipinski definition) is 1. The number of benzene rings is 1. The maximum absolute atomic E-state index is 10.5. The summed E-state index contributed by atoms with van der Waals surface area (Å²) in [6.45, 7) is 0. The Morgan fingerprint density at radius 3 is 2.69 bits per heavy atom. The van der Waals surface area contributed by atoms with Crippen LogP contribution in [0.5, 0.6) is 11.5 Å². The largest absolute Gasteiger partial charge is 0.497 e. The van der Waals surface area contributed by atoms with Gasteiger partial charge in [-0.05, 0) is 12.1 Å². The number of primary amides is 1. The summed E-state index contributed by atoms with van der Waals surface area (Å²) in [5.74, 6) is 6.34. The van der Waals surface area contributed by atoms with Crippen LogP contribution in [-0.4, -0.2) is 20.1 Å². The summed E-state index contributed by atoms with van der Waals surface area (Å²) in [5.41, 5.74) is 5.68. The van der Waals surface area contributed by atoms with Crippen molar-refractivity contribution in [1.29, 1.82) is 0 Å². The SMILES string of the molecule is COc1ccc(C#CCC(N)=O)c(OC)c1. The Morgan fingerprint density at radius 1 is 1.38 bits per heavy atom. The van der Waals surface area contributed by atoms with Gasteiger partial charge in [0.25, 0.3) is 0 Å². The average Bonchev–Trinajstić information content (AvgIpc) is 2.29. The lowest BCUT2D eigenvalue weighted by molar-refractivity contribution is -0.117. The van der Waals surface area contributed by atoms with Crippen LogP contribution in [0.1, 0.15) is 12.0 Å². The Labute approximate surface area is 94.3 Å². The second-order valence-corrected chi connectivity index (χ2v) is 3.01. The summed E-state index contributed by atoms with van der Waals surface area (Å²) in [5, 5.41) is 0. The molecule has 0 saturated heterocycles. The van der Waals surface area contributed by atoms with Crippen molar-refractivity contribution in [2.24, 2.45) is 5.73 Å². The molecule has 1 rings (SSSR count). The number of hydrogen-bond acceptors (Lipinski definition) is 3. The first-order valence-electron chi connectivity index (χ1n) is 4.66. The van der Waals surface area contributed by atoms with Crippen molar-refractivity contribution in [2.75, 3.05) is 14.2 Å². The van der Waals surface area contributed by atoms with Crippen LogP contribution in [0, 0.1) is 11.8 Å².